The van der Waals surface area contributed by atoms with Crippen LogP contribution in [0.3, 0.4) is 0 Å². The van der Waals surface area contributed by atoms with Gasteiger partial charge in [-0.15, -0.1) is 0 Å². The Morgan fingerprint density at radius 3 is 2.15 bits per heavy atom. The number of aromatic hydroxyl groups is 2. The molecule has 40 heavy (non-hydrogen) atoms. The third-order valence-corrected chi connectivity index (χ3v) is 10.2. The number of carbonyl (C=O) groups is 1. The highest BCUT2D eigenvalue weighted by Gasteiger charge is 2.52. The predicted octanol–water partition coefficient (Wildman–Crippen LogP) is 8.38. The van der Waals surface area contributed by atoms with Crippen LogP contribution in [0.1, 0.15) is 118 Å². The van der Waals surface area contributed by atoms with Crippen molar-refractivity contribution in [3.05, 3.63) is 47.3 Å². The molecule has 0 atom stereocenters. The van der Waals surface area contributed by atoms with Crippen molar-refractivity contribution in [3.8, 4) is 11.5 Å². The van der Waals surface area contributed by atoms with E-state index in [0.717, 1.165) is 47.2 Å². The van der Waals surface area contributed by atoms with Crippen LogP contribution in [-0.2, 0) is 11.8 Å². The van der Waals surface area contributed by atoms with E-state index in [9.17, 15) is 15.0 Å². The second-order valence-corrected chi connectivity index (χ2v) is 13.1. The van der Waals surface area contributed by atoms with E-state index in [-0.39, 0.29) is 22.5 Å². The van der Waals surface area contributed by atoms with Crippen LogP contribution >= 0.6 is 0 Å². The largest absolute Gasteiger partial charge is 0.507 e. The molecule has 4 bridgehead atoms. The molecule has 4 aliphatic rings. The lowest BCUT2D eigenvalue weighted by Crippen LogP contribution is -2.48. The fraction of sp³-hybridized carbons (Fsp3) is 0.588. The van der Waals surface area contributed by atoms with Gasteiger partial charge in [0.15, 0.2) is 0 Å². The van der Waals surface area contributed by atoms with Gasteiger partial charge in [-0.05, 0) is 74.5 Å². The number of amides is 1. The number of fused-ring (bicyclic) bond motifs is 1. The van der Waals surface area contributed by atoms with Crippen LogP contribution in [0.4, 0.5) is 5.95 Å². The molecule has 1 heterocycles. The normalized spacial score (nSPS) is 25.1. The molecule has 0 radical (unpaired) electrons. The monoisotopic (exact) mass is 543 g/mol. The van der Waals surface area contributed by atoms with Crippen LogP contribution in [0.25, 0.3) is 10.8 Å². The fourth-order valence-electron chi connectivity index (χ4n) is 8.65. The van der Waals surface area contributed by atoms with Gasteiger partial charge >= 0.3 is 0 Å². The van der Waals surface area contributed by atoms with Gasteiger partial charge in [0.05, 0.1) is 6.20 Å². The van der Waals surface area contributed by atoms with Crippen molar-refractivity contribution >= 4 is 22.6 Å². The zero-order valence-electron chi connectivity index (χ0n) is 24.0. The molecule has 1 aromatic heterocycles. The average Bonchev–Trinajstić information content (AvgIpc) is 3.40. The number of nitrogens with one attached hydrogen (secondary N) is 2. The van der Waals surface area contributed by atoms with Gasteiger partial charge < -0.3 is 15.2 Å². The Bertz CT molecular complexity index is 1320. The Balaban J connectivity index is 1.18. The molecule has 6 heteroatoms. The summed E-state index contributed by atoms with van der Waals surface area (Å²) in [5.74, 6) is 2.00. The van der Waals surface area contributed by atoms with Crippen molar-refractivity contribution in [1.82, 2.24) is 9.97 Å². The lowest BCUT2D eigenvalue weighted by molar-refractivity contribution is -0.00698. The van der Waals surface area contributed by atoms with Gasteiger partial charge in [-0.3, -0.25) is 10.1 Å². The molecule has 4 fully saturated rings. The van der Waals surface area contributed by atoms with Gasteiger partial charge in [0.2, 0.25) is 5.95 Å². The standard InChI is InChI=1S/C34H45N3O3/c1-2-3-4-5-6-7-8-9-13-26-25-12-10-11-14-27(25)31(39)29(30(26)38)32(40)37-33-35-21-28(36-33)34-18-22-15-23(19-34)17-24(16-22)20-34/h10-12,14,21-24,38-39H,2-9,13,15-20H2,1H3,(H2,35,36,37,40). The molecular weight excluding hydrogens is 498 g/mol. The summed E-state index contributed by atoms with van der Waals surface area (Å²) in [6.45, 7) is 2.23. The molecule has 214 valence electrons. The first-order valence-corrected chi connectivity index (χ1v) is 15.8. The average molecular weight is 544 g/mol. The minimum absolute atomic E-state index is 0.0685. The Kier molecular flexibility index (Phi) is 7.78. The first-order chi connectivity index (χ1) is 19.5. The molecule has 1 amide bonds. The number of hydrogen-bond acceptors (Lipinski definition) is 4. The second-order valence-electron chi connectivity index (χ2n) is 13.1. The van der Waals surface area contributed by atoms with Gasteiger partial charge in [0.1, 0.15) is 17.1 Å². The van der Waals surface area contributed by atoms with Gasteiger partial charge in [-0.25, -0.2) is 4.98 Å². The number of phenols is 2. The molecule has 7 rings (SSSR count). The summed E-state index contributed by atoms with van der Waals surface area (Å²) in [4.78, 5) is 21.5. The van der Waals surface area contributed by atoms with E-state index in [1.54, 1.807) is 0 Å². The van der Waals surface area contributed by atoms with Crippen LogP contribution < -0.4 is 5.32 Å². The number of aromatic amines is 1. The molecule has 0 saturated heterocycles. The minimum Gasteiger partial charge on any atom is -0.507 e. The van der Waals surface area contributed by atoms with Crippen molar-refractivity contribution in [1.29, 1.82) is 0 Å². The third-order valence-electron chi connectivity index (χ3n) is 10.2. The number of benzene rings is 2. The summed E-state index contributed by atoms with van der Waals surface area (Å²) in [6.07, 6.45) is 19.9. The fourth-order valence-corrected chi connectivity index (χ4v) is 8.65. The van der Waals surface area contributed by atoms with Crippen LogP contribution in [0, 0.1) is 17.8 Å². The van der Waals surface area contributed by atoms with E-state index in [1.807, 2.05) is 30.5 Å². The summed E-state index contributed by atoms with van der Waals surface area (Å²) in [7, 11) is 0. The molecule has 4 N–H and O–H groups in total. The molecule has 0 spiro atoms. The van der Waals surface area contributed by atoms with E-state index in [4.69, 9.17) is 0 Å². The maximum Gasteiger partial charge on any atom is 0.265 e. The zero-order valence-corrected chi connectivity index (χ0v) is 24.0. The van der Waals surface area contributed by atoms with Gasteiger partial charge in [-0.1, -0.05) is 76.1 Å². The number of hydrogen-bond donors (Lipinski definition) is 4. The third kappa shape index (κ3) is 5.22. The summed E-state index contributed by atoms with van der Waals surface area (Å²) >= 11 is 0. The summed E-state index contributed by atoms with van der Waals surface area (Å²) in [5.41, 5.74) is 1.95. The molecule has 2 aromatic carbocycles. The maximum absolute atomic E-state index is 13.5. The van der Waals surface area contributed by atoms with Gasteiger partial charge in [-0.2, -0.15) is 0 Å². The summed E-state index contributed by atoms with van der Waals surface area (Å²) < 4.78 is 0. The molecule has 0 aliphatic heterocycles. The van der Waals surface area contributed by atoms with Crippen molar-refractivity contribution in [3.63, 3.8) is 0 Å². The Labute approximate surface area is 238 Å². The van der Waals surface area contributed by atoms with Crippen molar-refractivity contribution in [2.24, 2.45) is 17.8 Å². The highest BCUT2D eigenvalue weighted by molar-refractivity contribution is 6.12. The van der Waals surface area contributed by atoms with Gasteiger partial charge in [0, 0.05) is 22.1 Å². The highest BCUT2D eigenvalue weighted by atomic mass is 16.3. The molecule has 6 nitrogen and oxygen atoms in total. The van der Waals surface area contributed by atoms with E-state index in [2.05, 4.69) is 22.2 Å². The lowest BCUT2D eigenvalue weighted by Gasteiger charge is -2.56. The SMILES string of the molecule is CCCCCCCCCCc1c(O)c(C(=O)Nc2ncc(C34CC5CC(CC(C5)C3)C4)[nH]2)c(O)c2ccccc12. The second kappa shape index (κ2) is 11.5. The molecule has 4 aliphatic carbocycles. The van der Waals surface area contributed by atoms with Gasteiger partial charge in [0.25, 0.3) is 5.91 Å². The number of nitrogens with zero attached hydrogens (tertiary/aromatic N) is 1. The highest BCUT2D eigenvalue weighted by Crippen LogP contribution is 2.60. The molecular formula is C34H45N3O3. The summed E-state index contributed by atoms with van der Waals surface area (Å²) in [6, 6.07) is 7.50. The number of rotatable bonds is 12. The van der Waals surface area contributed by atoms with E-state index in [0.29, 0.717) is 17.8 Å². The van der Waals surface area contributed by atoms with Crippen LogP contribution in [0.5, 0.6) is 11.5 Å². The lowest BCUT2D eigenvalue weighted by atomic mass is 9.49. The molecule has 3 aromatic rings. The quantitative estimate of drug-likeness (QED) is 0.172. The number of aromatic nitrogens is 2. The number of H-pyrrole nitrogens is 1. The van der Waals surface area contributed by atoms with E-state index < -0.39 is 5.91 Å². The smallest absolute Gasteiger partial charge is 0.265 e. The van der Waals surface area contributed by atoms with E-state index >= 15 is 0 Å². The molecule has 4 saturated carbocycles. The predicted molar refractivity (Wildman–Crippen MR) is 160 cm³/mol. The Morgan fingerprint density at radius 2 is 1.50 bits per heavy atom. The number of aryl methyl sites for hydroxylation is 1. The first-order valence-electron chi connectivity index (χ1n) is 15.8. The maximum atomic E-state index is 13.5. The Hall–Kier alpha value is -3.02. The number of carbonyl (C=O) groups excluding carboxylic acids is 1. The van der Waals surface area contributed by atoms with Crippen molar-refractivity contribution < 1.29 is 15.0 Å². The first kappa shape index (κ1) is 27.2. The van der Waals surface area contributed by atoms with E-state index in [1.165, 1.54) is 77.0 Å². The topological polar surface area (TPSA) is 98.2 Å². The summed E-state index contributed by atoms with van der Waals surface area (Å²) in [5, 5.41) is 26.7. The van der Waals surface area contributed by atoms with Crippen LogP contribution in [0.15, 0.2) is 30.5 Å². The van der Waals surface area contributed by atoms with Crippen molar-refractivity contribution in [2.75, 3.05) is 5.32 Å². The number of unbranched alkanes of at least 4 members (excludes halogenated alkanes) is 7. The van der Waals surface area contributed by atoms with Crippen LogP contribution in [-0.4, -0.2) is 26.1 Å². The van der Waals surface area contributed by atoms with Crippen LogP contribution in [0.2, 0.25) is 0 Å². The molecule has 0 unspecified atom stereocenters. The number of anilines is 1. The number of imidazole rings is 1. The van der Waals surface area contributed by atoms with Crippen molar-refractivity contribution in [2.45, 2.75) is 109 Å². The zero-order chi connectivity index (χ0) is 27.7. The number of phenolic OH excluding ortho intramolecular Hbond substituents is 2. The Morgan fingerprint density at radius 1 is 0.900 bits per heavy atom. The minimum atomic E-state index is -0.538.